The zero-order chi connectivity index (χ0) is 13.3. The molecule has 0 radical (unpaired) electrons. The molecule has 3 aliphatic heterocycles. The van der Waals surface area contributed by atoms with Crippen LogP contribution in [0.2, 0.25) is 0 Å². The average Bonchev–Trinajstić information content (AvgIpc) is 3.01. The Morgan fingerprint density at radius 2 is 2.22 bits per heavy atom. The molecule has 3 atom stereocenters. The Morgan fingerprint density at radius 1 is 1.67 bits per heavy atom. The van der Waals surface area contributed by atoms with Gasteiger partial charge in [-0.05, 0) is 0 Å². The molecule has 3 aliphatic rings. The SMILES string of the molecule is CC1OC(=O)CC1(C)OC(=O)C(C)(I)C12NI1N2. The second kappa shape index (κ2) is 3.70. The predicted octanol–water partition coefficient (Wildman–Crippen LogP) is 1.01. The molecule has 18 heavy (non-hydrogen) atoms. The van der Waals surface area contributed by atoms with Crippen LogP contribution in [0, 0.1) is 0 Å². The normalized spacial score (nSPS) is 40.6. The monoisotopic (exact) mass is 480 g/mol. The van der Waals surface area contributed by atoms with Crippen molar-refractivity contribution in [3.8, 4) is 0 Å². The summed E-state index contributed by atoms with van der Waals surface area (Å²) in [7, 11) is 0. The van der Waals surface area contributed by atoms with E-state index in [9.17, 15) is 9.59 Å². The Bertz CT molecular complexity index is 449. The molecule has 8 heteroatoms. The zero-order valence-corrected chi connectivity index (χ0v) is 14.5. The molecule has 0 bridgehead atoms. The van der Waals surface area contributed by atoms with Crippen LogP contribution in [0.4, 0.5) is 0 Å². The number of nitrogens with one attached hydrogen (secondary N) is 2. The summed E-state index contributed by atoms with van der Waals surface area (Å²) >= 11 is 0.926. The molecule has 3 rings (SSSR count). The Morgan fingerprint density at radius 3 is 2.61 bits per heavy atom. The van der Waals surface area contributed by atoms with E-state index in [4.69, 9.17) is 9.47 Å². The van der Waals surface area contributed by atoms with Crippen LogP contribution >= 0.6 is 43.0 Å². The molecule has 3 unspecified atom stereocenters. The van der Waals surface area contributed by atoms with E-state index in [1.807, 2.05) is 6.92 Å². The van der Waals surface area contributed by atoms with E-state index in [2.05, 4.69) is 29.7 Å². The molecule has 0 aromatic carbocycles. The zero-order valence-electron chi connectivity index (χ0n) is 10.2. The standard InChI is InChI=1S/C10H14I2N2O4/c1-5-8(2,4-6(15)17-5)18-7(16)9(3,11)10-12(13-10)14-10/h5,13-14H,4H2,1-3H3. The van der Waals surface area contributed by atoms with E-state index >= 15 is 0 Å². The van der Waals surface area contributed by atoms with Crippen molar-refractivity contribution in [2.24, 2.45) is 0 Å². The van der Waals surface area contributed by atoms with Crippen LogP contribution in [-0.4, -0.2) is 30.7 Å². The topological polar surface area (TPSA) is 96.5 Å². The van der Waals surface area contributed by atoms with Gasteiger partial charge >= 0.3 is 127 Å². The summed E-state index contributed by atoms with van der Waals surface area (Å²) in [4.78, 5) is 23.6. The minimum atomic E-state index is -1.21. The number of ether oxygens (including phenoxy) is 2. The first kappa shape index (κ1) is 13.3. The Kier molecular flexibility index (Phi) is 2.73. The van der Waals surface area contributed by atoms with Crippen LogP contribution < -0.4 is 7.06 Å². The third-order valence-corrected chi connectivity index (χ3v) is 10.8. The molecule has 3 heterocycles. The van der Waals surface area contributed by atoms with Crippen molar-refractivity contribution in [1.82, 2.24) is 7.06 Å². The number of rotatable bonds is 3. The van der Waals surface area contributed by atoms with Crippen LogP contribution in [0.3, 0.4) is 0 Å². The molecule has 0 spiro atoms. The minimum absolute atomic E-state index is 0.128. The molecule has 0 saturated carbocycles. The number of fused-ring (bicyclic) bond motifs is 1. The molecule has 6 nitrogen and oxygen atoms in total. The van der Waals surface area contributed by atoms with E-state index in [1.165, 1.54) is 0 Å². The first-order valence-electron chi connectivity index (χ1n) is 5.59. The predicted molar refractivity (Wildman–Crippen MR) is 80.1 cm³/mol. The number of hydrogen-bond acceptors (Lipinski definition) is 6. The van der Waals surface area contributed by atoms with Crippen molar-refractivity contribution in [1.29, 1.82) is 0 Å². The van der Waals surface area contributed by atoms with Gasteiger partial charge in [0.15, 0.2) is 0 Å². The number of cyclic esters (lactones) is 1. The molecule has 3 saturated heterocycles. The van der Waals surface area contributed by atoms with Gasteiger partial charge in [-0.15, -0.1) is 0 Å². The Balaban J connectivity index is 1.73. The molecule has 0 aromatic heterocycles. The first-order chi connectivity index (χ1) is 8.21. The first-order valence-corrected chi connectivity index (χ1v) is 9.90. The second-order valence-corrected chi connectivity index (χ2v) is 11.6. The van der Waals surface area contributed by atoms with Gasteiger partial charge in [-0.25, -0.2) is 0 Å². The van der Waals surface area contributed by atoms with Crippen LogP contribution in [0.15, 0.2) is 0 Å². The number of halogens is 2. The molecule has 0 amide bonds. The summed E-state index contributed by atoms with van der Waals surface area (Å²) in [5.41, 5.74) is -0.847. The summed E-state index contributed by atoms with van der Waals surface area (Å²) in [5, 5.41) is 0. The third-order valence-electron chi connectivity index (χ3n) is 3.68. The van der Waals surface area contributed by atoms with Gasteiger partial charge in [-0.1, -0.05) is 0 Å². The van der Waals surface area contributed by atoms with Gasteiger partial charge in [0, 0.05) is 0 Å². The number of carbonyl (C=O) groups is 2. The van der Waals surface area contributed by atoms with Crippen molar-refractivity contribution >= 4 is 54.9 Å². The molecule has 2 N–H and O–H groups in total. The van der Waals surface area contributed by atoms with Gasteiger partial charge < -0.3 is 0 Å². The number of carbonyl (C=O) groups excluding carboxylic acids is 2. The molecular formula is C10H14I2N2O4. The fourth-order valence-electron chi connectivity index (χ4n) is 1.94. The summed E-state index contributed by atoms with van der Waals surface area (Å²) in [5.74, 6) is -0.596. The number of esters is 2. The molecular weight excluding hydrogens is 466 g/mol. The van der Waals surface area contributed by atoms with Gasteiger partial charge in [-0.2, -0.15) is 0 Å². The van der Waals surface area contributed by atoms with Crippen LogP contribution in [0.1, 0.15) is 27.2 Å². The third kappa shape index (κ3) is 1.71. The summed E-state index contributed by atoms with van der Waals surface area (Å²) < 4.78 is 16.5. The van der Waals surface area contributed by atoms with Gasteiger partial charge in [0.2, 0.25) is 0 Å². The van der Waals surface area contributed by atoms with Crippen LogP contribution in [-0.2, 0) is 19.1 Å². The maximum atomic E-state index is 12.3. The van der Waals surface area contributed by atoms with E-state index in [-0.39, 0.29) is 22.0 Å². The maximum absolute atomic E-state index is 12.3. The molecule has 0 aliphatic carbocycles. The molecule has 0 aromatic rings. The van der Waals surface area contributed by atoms with E-state index in [1.54, 1.807) is 13.8 Å². The fourth-order valence-corrected chi connectivity index (χ4v) is 9.68. The van der Waals surface area contributed by atoms with Crippen LogP contribution in [0.25, 0.3) is 0 Å². The van der Waals surface area contributed by atoms with Gasteiger partial charge in [-0.3, -0.25) is 0 Å². The van der Waals surface area contributed by atoms with E-state index in [0.29, 0.717) is 0 Å². The molecule has 3 fully saturated rings. The van der Waals surface area contributed by atoms with Crippen molar-refractivity contribution in [3.63, 3.8) is 0 Å². The van der Waals surface area contributed by atoms with Gasteiger partial charge in [0.1, 0.15) is 0 Å². The fraction of sp³-hybridized carbons (Fsp3) is 0.800. The van der Waals surface area contributed by atoms with E-state index in [0.717, 1.165) is 0 Å². The van der Waals surface area contributed by atoms with Crippen molar-refractivity contribution in [2.45, 2.75) is 46.0 Å². The second-order valence-electron chi connectivity index (χ2n) is 5.14. The van der Waals surface area contributed by atoms with Crippen molar-refractivity contribution in [3.05, 3.63) is 0 Å². The number of alkyl halides is 2. The number of hydrogen-bond donors (Lipinski definition) is 2. The van der Waals surface area contributed by atoms with Crippen molar-refractivity contribution < 1.29 is 19.1 Å². The van der Waals surface area contributed by atoms with Gasteiger partial charge in [0.25, 0.3) is 0 Å². The van der Waals surface area contributed by atoms with E-state index < -0.39 is 35.5 Å². The Labute approximate surface area is 126 Å². The summed E-state index contributed by atoms with van der Waals surface area (Å²) in [6.45, 7) is 5.37. The van der Waals surface area contributed by atoms with Crippen molar-refractivity contribution in [2.75, 3.05) is 0 Å². The summed E-state index contributed by atoms with van der Waals surface area (Å²) in [6.07, 6.45) is -0.268. The summed E-state index contributed by atoms with van der Waals surface area (Å²) in [6, 6.07) is 0. The van der Waals surface area contributed by atoms with Gasteiger partial charge in [0.05, 0.1) is 0 Å². The molecule has 102 valence electrons. The average molecular weight is 480 g/mol. The Hall–Kier alpha value is 0.320. The quantitative estimate of drug-likeness (QED) is 0.157. The van der Waals surface area contributed by atoms with Crippen LogP contribution in [0.5, 0.6) is 0 Å².